The Morgan fingerprint density at radius 3 is 2.33 bits per heavy atom. The van der Waals surface area contributed by atoms with Gasteiger partial charge >= 0.3 is 11.8 Å². The average molecular weight is 451 g/mol. The molecular weight excluding hydrogens is 420 g/mol. The molecule has 0 unspecified atom stereocenters. The van der Waals surface area contributed by atoms with Crippen LogP contribution in [0.25, 0.3) is 0 Å². The Morgan fingerprint density at radius 1 is 1.00 bits per heavy atom. The van der Waals surface area contributed by atoms with E-state index in [9.17, 15) is 14.4 Å². The van der Waals surface area contributed by atoms with Crippen LogP contribution >= 0.6 is 0 Å². The van der Waals surface area contributed by atoms with E-state index in [0.29, 0.717) is 24.4 Å². The monoisotopic (exact) mass is 450 g/mol. The molecule has 2 aromatic carbocycles. The summed E-state index contributed by atoms with van der Waals surface area (Å²) in [6, 6.07) is 16.5. The van der Waals surface area contributed by atoms with Gasteiger partial charge in [-0.2, -0.15) is 5.10 Å². The zero-order chi connectivity index (χ0) is 23.5. The summed E-state index contributed by atoms with van der Waals surface area (Å²) in [4.78, 5) is 38.0. The van der Waals surface area contributed by atoms with E-state index < -0.39 is 11.8 Å². The van der Waals surface area contributed by atoms with Crippen LogP contribution in [0.1, 0.15) is 49.8 Å². The van der Waals surface area contributed by atoms with E-state index in [1.807, 2.05) is 37.3 Å². The van der Waals surface area contributed by atoms with Crippen LogP contribution in [-0.4, -0.2) is 48.5 Å². The topological polar surface area (TPSA) is 100 Å². The van der Waals surface area contributed by atoms with Crippen LogP contribution in [-0.2, 0) is 14.4 Å². The van der Waals surface area contributed by atoms with Gasteiger partial charge in [0.1, 0.15) is 5.75 Å². The van der Waals surface area contributed by atoms with Crippen LogP contribution in [0.5, 0.6) is 5.75 Å². The van der Waals surface area contributed by atoms with Gasteiger partial charge in [-0.1, -0.05) is 43.2 Å². The van der Waals surface area contributed by atoms with Crippen LogP contribution in [0, 0.1) is 0 Å². The summed E-state index contributed by atoms with van der Waals surface area (Å²) in [5.74, 6) is -0.953. The molecule has 2 aromatic rings. The van der Waals surface area contributed by atoms with E-state index in [4.69, 9.17) is 4.74 Å². The fourth-order valence-electron chi connectivity index (χ4n) is 3.54. The minimum absolute atomic E-state index is 0.0979. The molecular formula is C25H30N4O4. The first kappa shape index (κ1) is 24.0. The number of amides is 3. The molecule has 0 aromatic heterocycles. The predicted molar refractivity (Wildman–Crippen MR) is 126 cm³/mol. The van der Waals surface area contributed by atoms with Gasteiger partial charge in [-0.3, -0.25) is 14.4 Å². The Bertz CT molecular complexity index is 952. The highest BCUT2D eigenvalue weighted by Crippen LogP contribution is 2.13. The Labute approximate surface area is 194 Å². The van der Waals surface area contributed by atoms with Crippen molar-refractivity contribution < 1.29 is 19.1 Å². The third kappa shape index (κ3) is 7.75. The van der Waals surface area contributed by atoms with Gasteiger partial charge in [0.25, 0.3) is 5.91 Å². The quantitative estimate of drug-likeness (QED) is 0.385. The maximum absolute atomic E-state index is 12.2. The molecule has 1 aliphatic rings. The molecule has 33 heavy (non-hydrogen) atoms. The summed E-state index contributed by atoms with van der Waals surface area (Å²) in [5.41, 5.74) is 4.03. The molecule has 8 nitrogen and oxygen atoms in total. The molecule has 0 saturated carbocycles. The van der Waals surface area contributed by atoms with Crippen LogP contribution in [0.3, 0.4) is 0 Å². The minimum atomic E-state index is -0.733. The van der Waals surface area contributed by atoms with E-state index in [1.165, 1.54) is 6.21 Å². The van der Waals surface area contributed by atoms with Crippen molar-refractivity contribution in [2.45, 2.75) is 38.6 Å². The van der Waals surface area contributed by atoms with Crippen LogP contribution in [0.2, 0.25) is 0 Å². The van der Waals surface area contributed by atoms with E-state index in [2.05, 4.69) is 15.8 Å². The number of ether oxygens (including phenoxy) is 1. The third-order valence-corrected chi connectivity index (χ3v) is 5.39. The van der Waals surface area contributed by atoms with Crippen molar-refractivity contribution in [2.75, 3.05) is 19.7 Å². The second-order valence-electron chi connectivity index (χ2n) is 7.96. The van der Waals surface area contributed by atoms with E-state index in [0.717, 1.165) is 31.2 Å². The Morgan fingerprint density at radius 2 is 1.67 bits per heavy atom. The first-order chi connectivity index (χ1) is 16.0. The average Bonchev–Trinajstić information content (AvgIpc) is 3.13. The SMILES string of the molecule is C[C@@H](NC(=O)COc1ccc(/C=N\NC(=O)C(=O)N2CCCCCC2)cc1)c1ccccc1. The lowest BCUT2D eigenvalue weighted by Crippen LogP contribution is -2.41. The third-order valence-electron chi connectivity index (χ3n) is 5.39. The molecule has 1 aliphatic heterocycles. The lowest BCUT2D eigenvalue weighted by Gasteiger charge is -2.18. The van der Waals surface area contributed by atoms with Gasteiger partial charge < -0.3 is 15.0 Å². The minimum Gasteiger partial charge on any atom is -0.484 e. The van der Waals surface area contributed by atoms with E-state index >= 15 is 0 Å². The number of rotatable bonds is 7. The van der Waals surface area contributed by atoms with Gasteiger partial charge in [0.2, 0.25) is 0 Å². The summed E-state index contributed by atoms with van der Waals surface area (Å²) in [6.45, 7) is 3.04. The summed E-state index contributed by atoms with van der Waals surface area (Å²) in [7, 11) is 0. The molecule has 1 heterocycles. The van der Waals surface area contributed by atoms with Crippen LogP contribution in [0.15, 0.2) is 59.7 Å². The molecule has 0 bridgehead atoms. The number of carbonyl (C=O) groups excluding carboxylic acids is 3. The van der Waals surface area contributed by atoms with Crippen molar-refractivity contribution in [1.82, 2.24) is 15.6 Å². The highest BCUT2D eigenvalue weighted by molar-refractivity contribution is 6.35. The van der Waals surface area contributed by atoms with Gasteiger partial charge in [-0.05, 0) is 55.2 Å². The molecule has 174 valence electrons. The zero-order valence-corrected chi connectivity index (χ0v) is 18.8. The summed E-state index contributed by atoms with van der Waals surface area (Å²) < 4.78 is 5.53. The maximum Gasteiger partial charge on any atom is 0.329 e. The van der Waals surface area contributed by atoms with Crippen LogP contribution < -0.4 is 15.5 Å². The van der Waals surface area contributed by atoms with Crippen molar-refractivity contribution in [2.24, 2.45) is 5.10 Å². The summed E-state index contributed by atoms with van der Waals surface area (Å²) in [6.07, 6.45) is 5.46. The smallest absolute Gasteiger partial charge is 0.329 e. The molecule has 2 N–H and O–H groups in total. The molecule has 0 aliphatic carbocycles. The lowest BCUT2D eigenvalue weighted by molar-refractivity contribution is -0.145. The predicted octanol–water partition coefficient (Wildman–Crippen LogP) is 2.80. The number of carbonyl (C=O) groups is 3. The number of hydrazone groups is 1. The van der Waals surface area contributed by atoms with Crippen molar-refractivity contribution in [3.63, 3.8) is 0 Å². The number of hydrogen-bond acceptors (Lipinski definition) is 5. The molecule has 1 atom stereocenters. The number of likely N-dealkylation sites (tertiary alicyclic amines) is 1. The van der Waals surface area contributed by atoms with Crippen molar-refractivity contribution >= 4 is 23.9 Å². The highest BCUT2D eigenvalue weighted by atomic mass is 16.5. The van der Waals surface area contributed by atoms with Gasteiger partial charge in [0.15, 0.2) is 6.61 Å². The van der Waals surface area contributed by atoms with Crippen LogP contribution in [0.4, 0.5) is 0 Å². The molecule has 0 radical (unpaired) electrons. The Balaban J connectivity index is 1.41. The summed E-state index contributed by atoms with van der Waals surface area (Å²) in [5, 5.41) is 6.77. The van der Waals surface area contributed by atoms with Crippen molar-refractivity contribution in [3.8, 4) is 5.75 Å². The Hall–Kier alpha value is -3.68. The fourth-order valence-corrected chi connectivity index (χ4v) is 3.54. The first-order valence-electron chi connectivity index (χ1n) is 11.2. The molecule has 3 rings (SSSR count). The maximum atomic E-state index is 12.2. The zero-order valence-electron chi connectivity index (χ0n) is 18.8. The number of nitrogens with one attached hydrogen (secondary N) is 2. The Kier molecular flexibility index (Phi) is 8.99. The van der Waals surface area contributed by atoms with Gasteiger partial charge in [-0.15, -0.1) is 0 Å². The molecule has 0 spiro atoms. The van der Waals surface area contributed by atoms with Gasteiger partial charge in [0, 0.05) is 13.1 Å². The largest absolute Gasteiger partial charge is 0.484 e. The second kappa shape index (κ2) is 12.4. The lowest BCUT2D eigenvalue weighted by atomic mass is 10.1. The standard InChI is InChI=1S/C25H30N4O4/c1-19(21-9-5-4-6-10-21)27-23(30)18-33-22-13-11-20(12-14-22)17-26-28-24(31)25(32)29-15-7-2-3-8-16-29/h4-6,9-14,17,19H,2-3,7-8,15-16,18H2,1H3,(H,27,30)(H,28,31)/b26-17-/t19-/m1/s1. The molecule has 1 saturated heterocycles. The second-order valence-corrected chi connectivity index (χ2v) is 7.96. The van der Waals surface area contributed by atoms with Crippen molar-refractivity contribution in [3.05, 3.63) is 65.7 Å². The van der Waals surface area contributed by atoms with Crippen molar-refractivity contribution in [1.29, 1.82) is 0 Å². The van der Waals surface area contributed by atoms with E-state index in [-0.39, 0.29) is 18.6 Å². The first-order valence-corrected chi connectivity index (χ1v) is 11.2. The van der Waals surface area contributed by atoms with Gasteiger partial charge in [0.05, 0.1) is 12.3 Å². The van der Waals surface area contributed by atoms with E-state index in [1.54, 1.807) is 29.2 Å². The number of hydrogen-bond donors (Lipinski definition) is 2. The number of benzene rings is 2. The fraction of sp³-hybridized carbons (Fsp3) is 0.360. The normalized spacial score (nSPS) is 14.9. The molecule has 3 amide bonds. The summed E-state index contributed by atoms with van der Waals surface area (Å²) >= 11 is 0. The number of nitrogens with zero attached hydrogens (tertiary/aromatic N) is 2. The van der Waals surface area contributed by atoms with Gasteiger partial charge in [-0.25, -0.2) is 5.43 Å². The highest BCUT2D eigenvalue weighted by Gasteiger charge is 2.22. The molecule has 1 fully saturated rings. The molecule has 8 heteroatoms.